The molecule has 1 saturated heterocycles. The summed E-state index contributed by atoms with van der Waals surface area (Å²) >= 11 is 0. The minimum Gasteiger partial charge on any atom is -0.384 e. The van der Waals surface area contributed by atoms with Gasteiger partial charge in [-0.3, -0.25) is 10.3 Å². The Hall–Kier alpha value is -1.39. The number of benzene rings is 1. The summed E-state index contributed by atoms with van der Waals surface area (Å²) in [6, 6.07) is 7.93. The zero-order chi connectivity index (χ0) is 13.7. The summed E-state index contributed by atoms with van der Waals surface area (Å²) in [4.78, 5) is 2.40. The van der Waals surface area contributed by atoms with Crippen molar-refractivity contribution in [2.45, 2.75) is 32.4 Å². The molecule has 104 valence electrons. The largest absolute Gasteiger partial charge is 0.384 e. The highest BCUT2D eigenvalue weighted by atomic mass is 16.5. The lowest BCUT2D eigenvalue weighted by molar-refractivity contribution is 0.0725. The van der Waals surface area contributed by atoms with Crippen LogP contribution < -0.4 is 5.73 Å². The fourth-order valence-electron chi connectivity index (χ4n) is 2.43. The van der Waals surface area contributed by atoms with Gasteiger partial charge in [-0.2, -0.15) is 0 Å². The first-order valence-electron chi connectivity index (χ1n) is 6.96. The van der Waals surface area contributed by atoms with Crippen LogP contribution >= 0.6 is 0 Å². The Morgan fingerprint density at radius 3 is 2.68 bits per heavy atom. The molecule has 0 aromatic heterocycles. The van der Waals surface area contributed by atoms with E-state index in [1.807, 2.05) is 12.1 Å². The predicted molar refractivity (Wildman–Crippen MR) is 77.4 cm³/mol. The minimum atomic E-state index is 0.123. The number of hydrogen-bond acceptors (Lipinski definition) is 3. The first-order chi connectivity index (χ1) is 9.19. The third kappa shape index (κ3) is 4.04. The van der Waals surface area contributed by atoms with E-state index in [9.17, 15) is 0 Å². The SMILES string of the molecule is CCN(Cc1ccc(C(=N)N)cc1)CC1CCCO1. The van der Waals surface area contributed by atoms with Crippen LogP contribution in [-0.2, 0) is 11.3 Å². The van der Waals surface area contributed by atoms with Crippen LogP contribution in [0.2, 0.25) is 0 Å². The summed E-state index contributed by atoms with van der Waals surface area (Å²) in [6.45, 7) is 6.04. The number of amidine groups is 1. The van der Waals surface area contributed by atoms with Crippen molar-refractivity contribution in [3.63, 3.8) is 0 Å². The predicted octanol–water partition coefficient (Wildman–Crippen LogP) is 1.97. The lowest BCUT2D eigenvalue weighted by atomic mass is 10.1. The molecule has 1 atom stereocenters. The molecule has 0 spiro atoms. The van der Waals surface area contributed by atoms with E-state index >= 15 is 0 Å². The Balaban J connectivity index is 1.91. The highest BCUT2D eigenvalue weighted by Gasteiger charge is 2.18. The molecule has 1 aliphatic heterocycles. The number of nitrogens with one attached hydrogen (secondary N) is 1. The molecule has 0 bridgehead atoms. The molecule has 1 fully saturated rings. The number of hydrogen-bond donors (Lipinski definition) is 2. The Morgan fingerprint density at radius 2 is 2.16 bits per heavy atom. The van der Waals surface area contributed by atoms with E-state index in [-0.39, 0.29) is 5.84 Å². The van der Waals surface area contributed by atoms with Gasteiger partial charge >= 0.3 is 0 Å². The van der Waals surface area contributed by atoms with E-state index < -0.39 is 0 Å². The van der Waals surface area contributed by atoms with Crippen molar-refractivity contribution in [3.8, 4) is 0 Å². The van der Waals surface area contributed by atoms with Crippen molar-refractivity contribution in [2.24, 2.45) is 5.73 Å². The second-order valence-electron chi connectivity index (χ2n) is 5.07. The van der Waals surface area contributed by atoms with Gasteiger partial charge in [-0.15, -0.1) is 0 Å². The molecule has 1 aliphatic rings. The van der Waals surface area contributed by atoms with Crippen LogP contribution in [-0.4, -0.2) is 36.5 Å². The summed E-state index contributed by atoms with van der Waals surface area (Å²) in [5.41, 5.74) is 7.49. The molecule has 1 aromatic carbocycles. The van der Waals surface area contributed by atoms with Gasteiger partial charge in [-0.05, 0) is 24.9 Å². The van der Waals surface area contributed by atoms with Crippen molar-refractivity contribution in [2.75, 3.05) is 19.7 Å². The fraction of sp³-hybridized carbons (Fsp3) is 0.533. The summed E-state index contributed by atoms with van der Waals surface area (Å²) < 4.78 is 5.69. The number of nitrogen functional groups attached to an aromatic ring is 1. The zero-order valence-electron chi connectivity index (χ0n) is 11.6. The molecular weight excluding hydrogens is 238 g/mol. The summed E-state index contributed by atoms with van der Waals surface area (Å²) in [6.07, 6.45) is 2.77. The molecule has 1 unspecified atom stereocenters. The quantitative estimate of drug-likeness (QED) is 0.608. The van der Waals surface area contributed by atoms with Gasteiger partial charge in [0.15, 0.2) is 0 Å². The topological polar surface area (TPSA) is 62.3 Å². The summed E-state index contributed by atoms with van der Waals surface area (Å²) in [5.74, 6) is 0.123. The van der Waals surface area contributed by atoms with E-state index in [4.69, 9.17) is 15.9 Å². The monoisotopic (exact) mass is 261 g/mol. The molecule has 1 aromatic rings. The van der Waals surface area contributed by atoms with Crippen molar-refractivity contribution in [3.05, 3.63) is 35.4 Å². The highest BCUT2D eigenvalue weighted by Crippen LogP contribution is 2.15. The number of rotatable bonds is 6. The average Bonchev–Trinajstić information content (AvgIpc) is 2.91. The van der Waals surface area contributed by atoms with Gasteiger partial charge in [0.2, 0.25) is 0 Å². The molecule has 19 heavy (non-hydrogen) atoms. The van der Waals surface area contributed by atoms with Gasteiger partial charge in [0.05, 0.1) is 6.10 Å². The first-order valence-corrected chi connectivity index (χ1v) is 6.96. The van der Waals surface area contributed by atoms with Gasteiger partial charge in [0.25, 0.3) is 0 Å². The molecule has 4 heteroatoms. The van der Waals surface area contributed by atoms with Gasteiger partial charge in [-0.1, -0.05) is 31.2 Å². The van der Waals surface area contributed by atoms with E-state index in [0.717, 1.165) is 31.8 Å². The molecule has 0 saturated carbocycles. The zero-order valence-corrected chi connectivity index (χ0v) is 11.6. The third-order valence-electron chi connectivity index (χ3n) is 3.60. The molecule has 4 nitrogen and oxygen atoms in total. The molecule has 1 heterocycles. The van der Waals surface area contributed by atoms with Crippen molar-refractivity contribution >= 4 is 5.84 Å². The van der Waals surface area contributed by atoms with E-state index in [2.05, 4.69) is 24.0 Å². The van der Waals surface area contributed by atoms with E-state index in [0.29, 0.717) is 6.10 Å². The van der Waals surface area contributed by atoms with E-state index in [1.165, 1.54) is 18.4 Å². The maximum atomic E-state index is 7.38. The van der Waals surface area contributed by atoms with Crippen molar-refractivity contribution < 1.29 is 4.74 Å². The molecule has 0 amide bonds. The first kappa shape index (κ1) is 14.0. The van der Waals surface area contributed by atoms with Gasteiger partial charge < -0.3 is 10.5 Å². The molecule has 3 N–H and O–H groups in total. The van der Waals surface area contributed by atoms with Crippen molar-refractivity contribution in [1.82, 2.24) is 4.90 Å². The van der Waals surface area contributed by atoms with Crippen LogP contribution in [0.4, 0.5) is 0 Å². The van der Waals surface area contributed by atoms with Crippen LogP contribution in [0, 0.1) is 5.41 Å². The maximum absolute atomic E-state index is 7.38. The standard InChI is InChI=1S/C15H23N3O/c1-2-18(11-14-4-3-9-19-14)10-12-5-7-13(8-6-12)15(16)17/h5-8,14H,2-4,9-11H2,1H3,(H3,16,17). The number of ether oxygens (including phenoxy) is 1. The van der Waals surface area contributed by atoms with Gasteiger partial charge in [-0.25, -0.2) is 0 Å². The minimum absolute atomic E-state index is 0.123. The van der Waals surface area contributed by atoms with Crippen LogP contribution in [0.5, 0.6) is 0 Å². The van der Waals surface area contributed by atoms with Crippen molar-refractivity contribution in [1.29, 1.82) is 5.41 Å². The normalized spacial score (nSPS) is 18.9. The lowest BCUT2D eigenvalue weighted by Crippen LogP contribution is -2.31. The molecule has 0 radical (unpaired) electrons. The van der Waals surface area contributed by atoms with Crippen LogP contribution in [0.15, 0.2) is 24.3 Å². The third-order valence-corrected chi connectivity index (χ3v) is 3.60. The number of nitrogens with two attached hydrogens (primary N) is 1. The molecule has 0 aliphatic carbocycles. The van der Waals surface area contributed by atoms with Gasteiger partial charge in [0.1, 0.15) is 5.84 Å². The number of likely N-dealkylation sites (N-methyl/N-ethyl adjacent to an activating group) is 1. The molecule has 2 rings (SSSR count). The Kier molecular flexibility index (Phi) is 4.93. The maximum Gasteiger partial charge on any atom is 0.122 e. The van der Waals surface area contributed by atoms with Crippen LogP contribution in [0.25, 0.3) is 0 Å². The smallest absolute Gasteiger partial charge is 0.122 e. The highest BCUT2D eigenvalue weighted by molar-refractivity contribution is 5.94. The van der Waals surface area contributed by atoms with E-state index in [1.54, 1.807) is 0 Å². The second kappa shape index (κ2) is 6.68. The second-order valence-corrected chi connectivity index (χ2v) is 5.07. The average molecular weight is 261 g/mol. The van der Waals surface area contributed by atoms with Crippen LogP contribution in [0.3, 0.4) is 0 Å². The van der Waals surface area contributed by atoms with Crippen LogP contribution in [0.1, 0.15) is 30.9 Å². The Morgan fingerprint density at radius 1 is 1.42 bits per heavy atom. The fourth-order valence-corrected chi connectivity index (χ4v) is 2.43. The number of nitrogens with zero attached hydrogens (tertiary/aromatic N) is 1. The Bertz CT molecular complexity index is 410. The van der Waals surface area contributed by atoms with Gasteiger partial charge in [0, 0.05) is 25.3 Å². The summed E-state index contributed by atoms with van der Waals surface area (Å²) in [7, 11) is 0. The summed E-state index contributed by atoms with van der Waals surface area (Å²) in [5, 5.41) is 7.38. The molecular formula is C15H23N3O. The Labute approximate surface area is 115 Å². The lowest BCUT2D eigenvalue weighted by Gasteiger charge is -2.23.